The van der Waals surface area contributed by atoms with Gasteiger partial charge in [-0.05, 0) is 52.0 Å². The Morgan fingerprint density at radius 3 is 2.50 bits per heavy atom. The number of nitrogens with zero attached hydrogens (tertiary/aromatic N) is 3. The maximum absolute atomic E-state index is 5.59. The minimum Gasteiger partial charge on any atom is -0.444 e. The maximum atomic E-state index is 5.59. The molecular weight excluding hydrogens is 441 g/mol. The zero-order chi connectivity index (χ0) is 18.2. The zero-order valence-electron chi connectivity index (χ0n) is 17.0. The standard InChI is InChI=1S/C19H35N5O.HI/c1-6-20-19(22-11-18-23-16(4)17(5)25-18)21-8-7-9-24-12-14(2)10-15(3)13-24;/h14-15H,6-13H2,1-5H3,(H2,20,21,22);1H. The topological polar surface area (TPSA) is 65.7 Å². The van der Waals surface area contributed by atoms with Crippen molar-refractivity contribution in [3.05, 3.63) is 17.3 Å². The number of hydrogen-bond acceptors (Lipinski definition) is 4. The van der Waals surface area contributed by atoms with Crippen molar-refractivity contribution in [3.8, 4) is 0 Å². The lowest BCUT2D eigenvalue weighted by Crippen LogP contribution is -2.41. The molecule has 0 amide bonds. The molecule has 7 heteroatoms. The second kappa shape index (κ2) is 11.8. The molecule has 0 aliphatic carbocycles. The van der Waals surface area contributed by atoms with E-state index in [-0.39, 0.29) is 24.0 Å². The number of likely N-dealkylation sites (tertiary alicyclic amines) is 1. The van der Waals surface area contributed by atoms with E-state index in [1.54, 1.807) is 0 Å². The second-order valence-electron chi connectivity index (χ2n) is 7.43. The first kappa shape index (κ1) is 23.2. The number of guanidine groups is 1. The molecule has 26 heavy (non-hydrogen) atoms. The lowest BCUT2D eigenvalue weighted by atomic mass is 9.92. The third-order valence-corrected chi connectivity index (χ3v) is 4.68. The summed E-state index contributed by atoms with van der Waals surface area (Å²) in [6.45, 7) is 16.6. The summed E-state index contributed by atoms with van der Waals surface area (Å²) in [4.78, 5) is 11.5. The van der Waals surface area contributed by atoms with Crippen LogP contribution in [0.1, 0.15) is 51.0 Å². The molecule has 0 aromatic carbocycles. The predicted molar refractivity (Wildman–Crippen MR) is 118 cm³/mol. The molecule has 2 rings (SSSR count). The van der Waals surface area contributed by atoms with Crippen LogP contribution in [0.25, 0.3) is 0 Å². The molecule has 2 N–H and O–H groups in total. The van der Waals surface area contributed by atoms with Gasteiger partial charge in [0.15, 0.2) is 5.96 Å². The van der Waals surface area contributed by atoms with Gasteiger partial charge in [0, 0.05) is 26.2 Å². The second-order valence-corrected chi connectivity index (χ2v) is 7.43. The van der Waals surface area contributed by atoms with Crippen molar-refractivity contribution < 1.29 is 4.42 Å². The Balaban J connectivity index is 0.00000338. The van der Waals surface area contributed by atoms with Crippen LogP contribution >= 0.6 is 24.0 Å². The third-order valence-electron chi connectivity index (χ3n) is 4.68. The van der Waals surface area contributed by atoms with Gasteiger partial charge in [-0.25, -0.2) is 9.98 Å². The van der Waals surface area contributed by atoms with Crippen molar-refractivity contribution in [2.75, 3.05) is 32.7 Å². The van der Waals surface area contributed by atoms with Crippen LogP contribution < -0.4 is 10.6 Å². The van der Waals surface area contributed by atoms with Gasteiger partial charge in [-0.2, -0.15) is 0 Å². The van der Waals surface area contributed by atoms with Crippen molar-refractivity contribution in [1.82, 2.24) is 20.5 Å². The molecule has 1 saturated heterocycles. The summed E-state index contributed by atoms with van der Waals surface area (Å²) in [6, 6.07) is 0. The van der Waals surface area contributed by atoms with Crippen LogP contribution in [0.3, 0.4) is 0 Å². The predicted octanol–water partition coefficient (Wildman–Crippen LogP) is 3.33. The van der Waals surface area contributed by atoms with Gasteiger partial charge in [0.25, 0.3) is 0 Å². The van der Waals surface area contributed by atoms with Crippen molar-refractivity contribution in [3.63, 3.8) is 0 Å². The fourth-order valence-electron chi connectivity index (χ4n) is 3.58. The Morgan fingerprint density at radius 2 is 1.92 bits per heavy atom. The van der Waals surface area contributed by atoms with Crippen molar-refractivity contribution in [2.45, 2.75) is 54.0 Å². The highest BCUT2D eigenvalue weighted by molar-refractivity contribution is 14.0. The molecule has 1 aromatic rings. The number of nitrogens with one attached hydrogen (secondary N) is 2. The van der Waals surface area contributed by atoms with Crippen molar-refractivity contribution in [2.24, 2.45) is 16.8 Å². The summed E-state index contributed by atoms with van der Waals surface area (Å²) in [5.74, 6) is 4.01. The fraction of sp³-hybridized carbons (Fsp3) is 0.789. The maximum Gasteiger partial charge on any atom is 0.216 e. The highest BCUT2D eigenvalue weighted by atomic mass is 127. The van der Waals surface area contributed by atoms with Gasteiger partial charge >= 0.3 is 0 Å². The van der Waals surface area contributed by atoms with Crippen LogP contribution in [0.2, 0.25) is 0 Å². The number of rotatable bonds is 7. The van der Waals surface area contributed by atoms with Crippen molar-refractivity contribution in [1.29, 1.82) is 0 Å². The first-order valence-electron chi connectivity index (χ1n) is 9.65. The molecule has 0 bridgehead atoms. The Kier molecular flexibility index (Phi) is 10.5. The number of oxazole rings is 1. The van der Waals surface area contributed by atoms with Gasteiger partial charge in [0.05, 0.1) is 5.69 Å². The first-order valence-corrected chi connectivity index (χ1v) is 9.65. The molecule has 1 aromatic heterocycles. The average molecular weight is 477 g/mol. The van der Waals surface area contributed by atoms with E-state index in [0.29, 0.717) is 12.4 Å². The van der Waals surface area contributed by atoms with E-state index < -0.39 is 0 Å². The monoisotopic (exact) mass is 477 g/mol. The summed E-state index contributed by atoms with van der Waals surface area (Å²) in [6.07, 6.45) is 2.49. The quantitative estimate of drug-likeness (QED) is 0.273. The fourth-order valence-corrected chi connectivity index (χ4v) is 3.58. The van der Waals surface area contributed by atoms with E-state index in [1.807, 2.05) is 13.8 Å². The Hall–Kier alpha value is -0.830. The molecule has 2 heterocycles. The molecule has 0 saturated carbocycles. The summed E-state index contributed by atoms with van der Waals surface area (Å²) in [7, 11) is 0. The van der Waals surface area contributed by atoms with Crippen LogP contribution in [0.15, 0.2) is 9.41 Å². The minimum atomic E-state index is 0. The summed E-state index contributed by atoms with van der Waals surface area (Å²) >= 11 is 0. The SMILES string of the molecule is CCNC(=NCc1nc(C)c(C)o1)NCCCN1CC(C)CC(C)C1.I. The zero-order valence-corrected chi connectivity index (χ0v) is 19.3. The molecule has 2 unspecified atom stereocenters. The Bertz CT molecular complexity index is 531. The Labute approximate surface area is 175 Å². The van der Waals surface area contributed by atoms with Gasteiger partial charge in [-0.15, -0.1) is 24.0 Å². The molecule has 1 aliphatic heterocycles. The number of aryl methyl sites for hydroxylation is 2. The first-order chi connectivity index (χ1) is 12.0. The number of hydrogen-bond donors (Lipinski definition) is 2. The molecule has 6 nitrogen and oxygen atoms in total. The molecule has 1 aliphatic rings. The van der Waals surface area contributed by atoms with Crippen LogP contribution in [0, 0.1) is 25.7 Å². The Morgan fingerprint density at radius 1 is 1.23 bits per heavy atom. The average Bonchev–Trinajstić information content (AvgIpc) is 2.86. The van der Waals surface area contributed by atoms with E-state index >= 15 is 0 Å². The van der Waals surface area contributed by atoms with Gasteiger partial charge in [-0.3, -0.25) is 0 Å². The van der Waals surface area contributed by atoms with Gasteiger partial charge < -0.3 is 20.0 Å². The summed E-state index contributed by atoms with van der Waals surface area (Å²) < 4.78 is 5.59. The van der Waals surface area contributed by atoms with Gasteiger partial charge in [0.2, 0.25) is 5.89 Å². The molecule has 150 valence electrons. The number of aliphatic imine (C=N–C) groups is 1. The third kappa shape index (κ3) is 7.82. The lowest BCUT2D eigenvalue weighted by molar-refractivity contribution is 0.140. The minimum absolute atomic E-state index is 0. The van der Waals surface area contributed by atoms with E-state index in [1.165, 1.54) is 19.5 Å². The van der Waals surface area contributed by atoms with Crippen molar-refractivity contribution >= 4 is 29.9 Å². The summed E-state index contributed by atoms with van der Waals surface area (Å²) in [5.41, 5.74) is 0.938. The van der Waals surface area contributed by atoms with Crippen LogP contribution in [0.4, 0.5) is 0 Å². The van der Waals surface area contributed by atoms with E-state index in [9.17, 15) is 0 Å². The normalized spacial score (nSPS) is 21.3. The van der Waals surface area contributed by atoms with Gasteiger partial charge in [-0.1, -0.05) is 13.8 Å². The van der Waals surface area contributed by atoms with Crippen LogP contribution in [-0.4, -0.2) is 48.6 Å². The van der Waals surface area contributed by atoms with E-state index in [0.717, 1.165) is 55.3 Å². The highest BCUT2D eigenvalue weighted by Gasteiger charge is 2.20. The largest absolute Gasteiger partial charge is 0.444 e. The molecular formula is C19H36IN5O. The van der Waals surface area contributed by atoms with Crippen LogP contribution in [0.5, 0.6) is 0 Å². The molecule has 1 fully saturated rings. The smallest absolute Gasteiger partial charge is 0.216 e. The number of aromatic nitrogens is 1. The molecule has 0 spiro atoms. The van der Waals surface area contributed by atoms with Crippen LogP contribution in [-0.2, 0) is 6.54 Å². The van der Waals surface area contributed by atoms with E-state index in [2.05, 4.69) is 46.3 Å². The number of piperidine rings is 1. The highest BCUT2D eigenvalue weighted by Crippen LogP contribution is 2.20. The number of halogens is 1. The van der Waals surface area contributed by atoms with Gasteiger partial charge in [0.1, 0.15) is 12.3 Å². The summed E-state index contributed by atoms with van der Waals surface area (Å²) in [5, 5.41) is 6.70. The molecule has 0 radical (unpaired) electrons. The molecule has 2 atom stereocenters. The lowest BCUT2D eigenvalue weighted by Gasteiger charge is -2.35. The van der Waals surface area contributed by atoms with E-state index in [4.69, 9.17) is 4.42 Å².